The lowest BCUT2D eigenvalue weighted by Crippen LogP contribution is -1.96. The number of hydrogen-bond acceptors (Lipinski definition) is 1. The quantitative estimate of drug-likeness (QED) is 0.752. The summed E-state index contributed by atoms with van der Waals surface area (Å²) in [5.74, 6) is 0. The first-order valence-electron chi connectivity index (χ1n) is 6.21. The lowest BCUT2D eigenvalue weighted by molar-refractivity contribution is 1.24. The van der Waals surface area contributed by atoms with Crippen LogP contribution in [0.25, 0.3) is 5.57 Å². The predicted molar refractivity (Wildman–Crippen MR) is 78.0 cm³/mol. The molecule has 90 valence electrons. The fraction of sp³-hybridized carbons (Fsp3) is 0.118. The number of hydrogen-bond donors (Lipinski definition) is 1. The standard InChI is InChI=1S/C17H17N/c1-2-14(15-9-5-3-6-10-15)13-17(18)16-11-7-4-8-12-16/h3-13,18H,2H2,1H3/b14-13+,18-17?. The molecule has 1 heteroatoms. The fourth-order valence-corrected chi connectivity index (χ4v) is 1.92. The summed E-state index contributed by atoms with van der Waals surface area (Å²) in [6.45, 7) is 2.12. The molecule has 0 radical (unpaired) electrons. The largest absolute Gasteiger partial charge is 0.300 e. The lowest BCUT2D eigenvalue weighted by atomic mass is 10.00. The van der Waals surface area contributed by atoms with Crippen molar-refractivity contribution in [3.63, 3.8) is 0 Å². The van der Waals surface area contributed by atoms with E-state index in [0.717, 1.165) is 12.0 Å². The van der Waals surface area contributed by atoms with Crippen LogP contribution in [0.2, 0.25) is 0 Å². The number of nitrogens with one attached hydrogen (secondary N) is 1. The van der Waals surface area contributed by atoms with E-state index in [1.54, 1.807) is 0 Å². The molecule has 0 spiro atoms. The van der Waals surface area contributed by atoms with Crippen molar-refractivity contribution >= 4 is 11.3 Å². The van der Waals surface area contributed by atoms with Gasteiger partial charge in [0.05, 0.1) is 5.71 Å². The molecule has 2 aromatic carbocycles. The second-order valence-electron chi connectivity index (χ2n) is 4.17. The summed E-state index contributed by atoms with van der Waals surface area (Å²) in [5.41, 5.74) is 3.92. The van der Waals surface area contributed by atoms with E-state index < -0.39 is 0 Å². The lowest BCUT2D eigenvalue weighted by Gasteiger charge is -2.06. The first-order valence-corrected chi connectivity index (χ1v) is 6.21. The predicted octanol–water partition coefficient (Wildman–Crippen LogP) is 4.55. The highest BCUT2D eigenvalue weighted by atomic mass is 14.4. The molecule has 0 aliphatic rings. The number of allylic oxidation sites excluding steroid dienone is 2. The highest BCUT2D eigenvalue weighted by Gasteiger charge is 2.02. The highest BCUT2D eigenvalue weighted by Crippen LogP contribution is 2.18. The average molecular weight is 235 g/mol. The molecule has 0 aliphatic carbocycles. The summed E-state index contributed by atoms with van der Waals surface area (Å²) in [6.07, 6.45) is 2.89. The topological polar surface area (TPSA) is 23.9 Å². The smallest absolute Gasteiger partial charge is 0.0615 e. The van der Waals surface area contributed by atoms with Crippen LogP contribution in [0.3, 0.4) is 0 Å². The summed E-state index contributed by atoms with van der Waals surface area (Å²) in [6, 6.07) is 20.1. The maximum absolute atomic E-state index is 8.14. The Hall–Kier alpha value is -2.15. The van der Waals surface area contributed by atoms with Crippen LogP contribution in [0.5, 0.6) is 0 Å². The van der Waals surface area contributed by atoms with E-state index in [0.29, 0.717) is 5.71 Å². The molecule has 0 saturated heterocycles. The normalized spacial score (nSPS) is 11.3. The van der Waals surface area contributed by atoms with Crippen molar-refractivity contribution in [2.75, 3.05) is 0 Å². The molecule has 0 amide bonds. The molecule has 1 N–H and O–H groups in total. The van der Waals surface area contributed by atoms with Gasteiger partial charge in [-0.25, -0.2) is 0 Å². The van der Waals surface area contributed by atoms with Crippen LogP contribution >= 0.6 is 0 Å². The molecule has 0 aliphatic heterocycles. The first-order chi connectivity index (χ1) is 8.81. The average Bonchev–Trinajstić information content (AvgIpc) is 2.46. The second kappa shape index (κ2) is 5.97. The van der Waals surface area contributed by atoms with Gasteiger partial charge in [-0.3, -0.25) is 0 Å². The van der Waals surface area contributed by atoms with Gasteiger partial charge in [-0.05, 0) is 29.2 Å². The number of rotatable bonds is 4. The molecule has 0 saturated carbocycles. The maximum atomic E-state index is 8.14. The van der Waals surface area contributed by atoms with Gasteiger partial charge < -0.3 is 5.41 Å². The molecule has 0 bridgehead atoms. The van der Waals surface area contributed by atoms with Gasteiger partial charge in [0, 0.05) is 0 Å². The zero-order chi connectivity index (χ0) is 12.8. The summed E-state index contributed by atoms with van der Waals surface area (Å²) in [5, 5.41) is 8.14. The van der Waals surface area contributed by atoms with Crippen LogP contribution in [0.1, 0.15) is 24.5 Å². The van der Waals surface area contributed by atoms with Gasteiger partial charge in [-0.15, -0.1) is 0 Å². The van der Waals surface area contributed by atoms with Crippen LogP contribution in [0, 0.1) is 5.41 Å². The second-order valence-corrected chi connectivity index (χ2v) is 4.17. The van der Waals surface area contributed by atoms with E-state index in [4.69, 9.17) is 5.41 Å². The van der Waals surface area contributed by atoms with E-state index in [-0.39, 0.29) is 0 Å². The first kappa shape index (κ1) is 12.3. The summed E-state index contributed by atoms with van der Waals surface area (Å²) < 4.78 is 0. The molecule has 0 unspecified atom stereocenters. The fourth-order valence-electron chi connectivity index (χ4n) is 1.92. The Kier molecular flexibility index (Phi) is 4.08. The van der Waals surface area contributed by atoms with E-state index in [9.17, 15) is 0 Å². The Labute approximate surface area is 108 Å². The zero-order valence-corrected chi connectivity index (χ0v) is 10.6. The third-order valence-electron chi connectivity index (χ3n) is 2.93. The van der Waals surface area contributed by atoms with Crippen molar-refractivity contribution in [2.45, 2.75) is 13.3 Å². The molecular formula is C17H17N. The Morgan fingerprint density at radius 1 is 0.889 bits per heavy atom. The molecule has 0 heterocycles. The third kappa shape index (κ3) is 2.95. The Morgan fingerprint density at radius 2 is 1.39 bits per heavy atom. The van der Waals surface area contributed by atoms with Crippen molar-refractivity contribution in [3.05, 3.63) is 77.9 Å². The summed E-state index contributed by atoms with van der Waals surface area (Å²) in [7, 11) is 0. The molecule has 0 aromatic heterocycles. The minimum absolute atomic E-state index is 0.566. The van der Waals surface area contributed by atoms with Crippen LogP contribution in [0.4, 0.5) is 0 Å². The van der Waals surface area contributed by atoms with Gasteiger partial charge >= 0.3 is 0 Å². The molecule has 2 rings (SSSR count). The van der Waals surface area contributed by atoms with Crippen LogP contribution < -0.4 is 0 Å². The Morgan fingerprint density at radius 3 is 1.89 bits per heavy atom. The van der Waals surface area contributed by atoms with Crippen LogP contribution in [-0.4, -0.2) is 5.71 Å². The Bertz CT molecular complexity index is 538. The van der Waals surface area contributed by atoms with Crippen LogP contribution in [0.15, 0.2) is 66.7 Å². The summed E-state index contributed by atoms with van der Waals surface area (Å²) in [4.78, 5) is 0. The van der Waals surface area contributed by atoms with Gasteiger partial charge in [0.1, 0.15) is 0 Å². The van der Waals surface area contributed by atoms with Crippen molar-refractivity contribution in [1.29, 1.82) is 5.41 Å². The monoisotopic (exact) mass is 235 g/mol. The molecule has 18 heavy (non-hydrogen) atoms. The molecule has 0 atom stereocenters. The highest BCUT2D eigenvalue weighted by molar-refractivity contribution is 6.10. The van der Waals surface area contributed by atoms with Crippen molar-refractivity contribution in [3.8, 4) is 0 Å². The Balaban J connectivity index is 2.29. The van der Waals surface area contributed by atoms with Gasteiger partial charge in [0.25, 0.3) is 0 Å². The van der Waals surface area contributed by atoms with E-state index in [1.165, 1.54) is 11.1 Å². The SMILES string of the molecule is CC/C(=C\C(=N)c1ccccc1)c1ccccc1. The number of benzene rings is 2. The van der Waals surface area contributed by atoms with E-state index >= 15 is 0 Å². The van der Waals surface area contributed by atoms with Crippen LogP contribution in [-0.2, 0) is 0 Å². The summed E-state index contributed by atoms with van der Waals surface area (Å²) >= 11 is 0. The molecule has 1 nitrogen and oxygen atoms in total. The van der Waals surface area contributed by atoms with Gasteiger partial charge in [-0.2, -0.15) is 0 Å². The van der Waals surface area contributed by atoms with Gasteiger partial charge in [-0.1, -0.05) is 67.6 Å². The van der Waals surface area contributed by atoms with E-state index in [1.807, 2.05) is 54.6 Å². The van der Waals surface area contributed by atoms with Crippen molar-refractivity contribution in [1.82, 2.24) is 0 Å². The van der Waals surface area contributed by atoms with Gasteiger partial charge in [0.15, 0.2) is 0 Å². The third-order valence-corrected chi connectivity index (χ3v) is 2.93. The van der Waals surface area contributed by atoms with E-state index in [2.05, 4.69) is 19.1 Å². The molecule has 2 aromatic rings. The minimum Gasteiger partial charge on any atom is -0.300 e. The molecule has 0 fully saturated rings. The van der Waals surface area contributed by atoms with Crippen molar-refractivity contribution < 1.29 is 0 Å². The minimum atomic E-state index is 0.566. The van der Waals surface area contributed by atoms with Crippen molar-refractivity contribution in [2.24, 2.45) is 0 Å². The molecular weight excluding hydrogens is 218 g/mol. The maximum Gasteiger partial charge on any atom is 0.0615 e. The zero-order valence-electron chi connectivity index (χ0n) is 10.6. The van der Waals surface area contributed by atoms with Gasteiger partial charge in [0.2, 0.25) is 0 Å².